The highest BCUT2D eigenvalue weighted by Crippen LogP contribution is 2.29. The lowest BCUT2D eigenvalue weighted by Crippen LogP contribution is -1.93. The highest BCUT2D eigenvalue weighted by molar-refractivity contribution is 7.08. The van der Waals surface area contributed by atoms with Gasteiger partial charge in [0.25, 0.3) is 0 Å². The maximum Gasteiger partial charge on any atom is 0.227 e. The van der Waals surface area contributed by atoms with E-state index in [0.717, 1.165) is 28.4 Å². The number of nitrogens with zero attached hydrogens (tertiary/aromatic N) is 2. The van der Waals surface area contributed by atoms with E-state index in [1.807, 2.05) is 60.1 Å². The molecular formula is C19H15N3OS. The SMILES string of the molecule is Cc1ccnc(Nc2cccc(-c3cnc(-c4ccsc4)o3)c2)c1. The van der Waals surface area contributed by atoms with Crippen LogP contribution in [0.25, 0.3) is 22.8 Å². The van der Waals surface area contributed by atoms with Gasteiger partial charge in [0.05, 0.1) is 6.20 Å². The number of rotatable bonds is 4. The van der Waals surface area contributed by atoms with E-state index < -0.39 is 0 Å². The van der Waals surface area contributed by atoms with Crippen LogP contribution >= 0.6 is 11.3 Å². The number of pyridine rings is 1. The fraction of sp³-hybridized carbons (Fsp3) is 0.0526. The molecule has 0 fully saturated rings. The first-order chi connectivity index (χ1) is 11.8. The van der Waals surface area contributed by atoms with Crippen LogP contribution in [0.4, 0.5) is 11.5 Å². The number of aryl methyl sites for hydroxylation is 1. The summed E-state index contributed by atoms with van der Waals surface area (Å²) in [5, 5.41) is 7.36. The zero-order valence-electron chi connectivity index (χ0n) is 13.1. The predicted octanol–water partition coefficient (Wildman–Crippen LogP) is 5.52. The monoisotopic (exact) mass is 333 g/mol. The summed E-state index contributed by atoms with van der Waals surface area (Å²) in [7, 11) is 0. The third-order valence-corrected chi connectivity index (χ3v) is 4.29. The number of oxazole rings is 1. The summed E-state index contributed by atoms with van der Waals surface area (Å²) in [6.07, 6.45) is 3.56. The number of benzene rings is 1. The smallest absolute Gasteiger partial charge is 0.227 e. The Bertz CT molecular complexity index is 960. The molecule has 0 saturated carbocycles. The van der Waals surface area contributed by atoms with Gasteiger partial charge in [-0.1, -0.05) is 12.1 Å². The van der Waals surface area contributed by atoms with Gasteiger partial charge < -0.3 is 9.73 Å². The summed E-state index contributed by atoms with van der Waals surface area (Å²) in [6.45, 7) is 2.05. The lowest BCUT2D eigenvalue weighted by molar-refractivity contribution is 0.589. The van der Waals surface area contributed by atoms with E-state index in [0.29, 0.717) is 5.89 Å². The average molecular weight is 333 g/mol. The number of hydrogen-bond donors (Lipinski definition) is 1. The van der Waals surface area contributed by atoms with E-state index in [1.54, 1.807) is 23.7 Å². The number of anilines is 2. The second-order valence-electron chi connectivity index (χ2n) is 5.47. The lowest BCUT2D eigenvalue weighted by atomic mass is 10.1. The molecular weight excluding hydrogens is 318 g/mol. The first-order valence-corrected chi connectivity index (χ1v) is 8.51. The number of thiophene rings is 1. The van der Waals surface area contributed by atoms with E-state index in [1.165, 1.54) is 5.56 Å². The van der Waals surface area contributed by atoms with Crippen LogP contribution in [-0.2, 0) is 0 Å². The summed E-state index contributed by atoms with van der Waals surface area (Å²) >= 11 is 1.63. The molecule has 0 saturated heterocycles. The molecule has 0 aliphatic rings. The zero-order valence-corrected chi connectivity index (χ0v) is 13.9. The minimum absolute atomic E-state index is 0.643. The number of hydrogen-bond acceptors (Lipinski definition) is 5. The topological polar surface area (TPSA) is 51.0 Å². The van der Waals surface area contributed by atoms with Crippen molar-refractivity contribution >= 4 is 22.8 Å². The molecule has 0 radical (unpaired) electrons. The molecule has 1 N–H and O–H groups in total. The Kier molecular flexibility index (Phi) is 3.84. The van der Waals surface area contributed by atoms with Gasteiger partial charge in [0.1, 0.15) is 5.82 Å². The second-order valence-corrected chi connectivity index (χ2v) is 6.25. The molecule has 118 valence electrons. The van der Waals surface area contributed by atoms with Gasteiger partial charge in [-0.3, -0.25) is 0 Å². The van der Waals surface area contributed by atoms with Crippen molar-refractivity contribution < 1.29 is 4.42 Å². The fourth-order valence-corrected chi connectivity index (χ4v) is 3.06. The molecule has 0 unspecified atom stereocenters. The molecule has 24 heavy (non-hydrogen) atoms. The molecule has 0 amide bonds. The first kappa shape index (κ1) is 14.7. The molecule has 0 atom stereocenters. The number of aromatic nitrogens is 2. The van der Waals surface area contributed by atoms with Crippen LogP contribution in [0.1, 0.15) is 5.56 Å². The van der Waals surface area contributed by atoms with Gasteiger partial charge in [-0.05, 0) is 48.2 Å². The number of nitrogens with one attached hydrogen (secondary N) is 1. The zero-order chi connectivity index (χ0) is 16.4. The van der Waals surface area contributed by atoms with Crippen LogP contribution in [0, 0.1) is 6.92 Å². The van der Waals surface area contributed by atoms with Gasteiger partial charge in [-0.2, -0.15) is 11.3 Å². The molecule has 0 aliphatic heterocycles. The Morgan fingerprint density at radius 3 is 2.83 bits per heavy atom. The van der Waals surface area contributed by atoms with Crippen molar-refractivity contribution in [3.8, 4) is 22.8 Å². The molecule has 0 bridgehead atoms. The van der Waals surface area contributed by atoms with Crippen LogP contribution in [0.15, 0.2) is 70.0 Å². The third kappa shape index (κ3) is 3.07. The first-order valence-electron chi connectivity index (χ1n) is 7.56. The standard InChI is InChI=1S/C19H15N3OS/c1-13-5-7-20-18(9-13)22-16-4-2-3-14(10-16)17-11-21-19(23-17)15-6-8-24-12-15/h2-12H,1H3,(H,20,22). The van der Waals surface area contributed by atoms with Crippen molar-refractivity contribution in [3.05, 3.63) is 71.2 Å². The van der Waals surface area contributed by atoms with Gasteiger partial charge >= 0.3 is 0 Å². The summed E-state index contributed by atoms with van der Waals surface area (Å²) in [4.78, 5) is 8.70. The van der Waals surface area contributed by atoms with Crippen LogP contribution in [0.2, 0.25) is 0 Å². The predicted molar refractivity (Wildman–Crippen MR) is 97.5 cm³/mol. The van der Waals surface area contributed by atoms with Gasteiger partial charge in [0, 0.05) is 28.4 Å². The minimum atomic E-state index is 0.643. The minimum Gasteiger partial charge on any atom is -0.436 e. The quantitative estimate of drug-likeness (QED) is 0.534. The van der Waals surface area contributed by atoms with Crippen molar-refractivity contribution in [2.45, 2.75) is 6.92 Å². The van der Waals surface area contributed by atoms with Crippen LogP contribution in [-0.4, -0.2) is 9.97 Å². The van der Waals surface area contributed by atoms with Crippen molar-refractivity contribution in [3.63, 3.8) is 0 Å². The van der Waals surface area contributed by atoms with Gasteiger partial charge in [0.2, 0.25) is 5.89 Å². The molecule has 0 aliphatic carbocycles. The average Bonchev–Trinajstić information content (AvgIpc) is 3.27. The highest BCUT2D eigenvalue weighted by atomic mass is 32.1. The van der Waals surface area contributed by atoms with Crippen LogP contribution in [0.5, 0.6) is 0 Å². The summed E-state index contributed by atoms with van der Waals surface area (Å²) in [5.74, 6) is 2.21. The Morgan fingerprint density at radius 1 is 1.04 bits per heavy atom. The van der Waals surface area contributed by atoms with Crippen LogP contribution < -0.4 is 5.32 Å². The van der Waals surface area contributed by atoms with Crippen molar-refractivity contribution in [1.82, 2.24) is 9.97 Å². The molecule has 3 aromatic heterocycles. The van der Waals surface area contributed by atoms with Crippen molar-refractivity contribution in [2.75, 3.05) is 5.32 Å². The largest absolute Gasteiger partial charge is 0.436 e. The normalized spacial score (nSPS) is 10.7. The Balaban J connectivity index is 1.61. The Hall–Kier alpha value is -2.92. The molecule has 0 spiro atoms. The Labute approximate surface area is 143 Å². The molecule has 1 aromatic carbocycles. The second kappa shape index (κ2) is 6.29. The summed E-state index contributed by atoms with van der Waals surface area (Å²) in [6, 6.07) is 14.0. The Morgan fingerprint density at radius 2 is 2.00 bits per heavy atom. The van der Waals surface area contributed by atoms with Gasteiger partial charge in [-0.15, -0.1) is 0 Å². The van der Waals surface area contributed by atoms with E-state index in [2.05, 4.69) is 15.3 Å². The van der Waals surface area contributed by atoms with Crippen LogP contribution in [0.3, 0.4) is 0 Å². The van der Waals surface area contributed by atoms with Gasteiger partial charge in [0.15, 0.2) is 5.76 Å². The van der Waals surface area contributed by atoms with Crippen molar-refractivity contribution in [1.29, 1.82) is 0 Å². The molecule has 4 nitrogen and oxygen atoms in total. The molecule has 5 heteroatoms. The van der Waals surface area contributed by atoms with E-state index >= 15 is 0 Å². The van der Waals surface area contributed by atoms with E-state index in [-0.39, 0.29) is 0 Å². The summed E-state index contributed by atoms with van der Waals surface area (Å²) in [5.41, 5.74) is 4.10. The molecule has 3 heterocycles. The van der Waals surface area contributed by atoms with Gasteiger partial charge in [-0.25, -0.2) is 9.97 Å². The molecule has 4 aromatic rings. The summed E-state index contributed by atoms with van der Waals surface area (Å²) < 4.78 is 5.89. The maximum absolute atomic E-state index is 5.89. The van der Waals surface area contributed by atoms with E-state index in [9.17, 15) is 0 Å². The fourth-order valence-electron chi connectivity index (χ4n) is 2.43. The van der Waals surface area contributed by atoms with Crippen molar-refractivity contribution in [2.24, 2.45) is 0 Å². The third-order valence-electron chi connectivity index (χ3n) is 3.61. The maximum atomic E-state index is 5.89. The highest BCUT2D eigenvalue weighted by Gasteiger charge is 2.09. The molecule has 4 rings (SSSR count). The van der Waals surface area contributed by atoms with E-state index in [4.69, 9.17) is 4.42 Å². The lowest BCUT2D eigenvalue weighted by Gasteiger charge is -2.07.